The molecule has 12 nitrogen and oxygen atoms in total. The molecule has 2 atom stereocenters. The number of benzene rings is 1. The monoisotopic (exact) mass is 661 g/mol. The highest BCUT2D eigenvalue weighted by Gasteiger charge is 2.65. The van der Waals surface area contributed by atoms with Gasteiger partial charge in [-0.2, -0.15) is 13.2 Å². The zero-order valence-electron chi connectivity index (χ0n) is 25.9. The second-order valence-corrected chi connectivity index (χ2v) is 12.1. The average molecular weight is 662 g/mol. The lowest BCUT2D eigenvalue weighted by molar-refractivity contribution is -0.309. The van der Waals surface area contributed by atoms with Crippen LogP contribution in [0.2, 0.25) is 5.28 Å². The minimum Gasteiger partial charge on any atom is -0.497 e. The standard InChI is InChI=1S/C29H39ClF3N5O7/c1-27(2,3)45-26(42)36-15-19(39)11-22(40)38(18-12-28(13-18,44-6)29(31,32)33)23(21-16-35-25(30)37(21)4)24(41)34-14-17-8-7-9-20(10-17)43-5/h7-10,16,18-19,23,39H,11-15H2,1-6H3,(H,34,41)(H,36,42). The molecule has 0 aliphatic heterocycles. The first-order valence-electron chi connectivity index (χ1n) is 14.1. The third kappa shape index (κ3) is 8.79. The summed E-state index contributed by atoms with van der Waals surface area (Å²) in [7, 11) is 3.91. The first-order valence-corrected chi connectivity index (χ1v) is 14.4. The molecule has 0 spiro atoms. The van der Waals surface area contributed by atoms with E-state index < -0.39 is 79.3 Å². The van der Waals surface area contributed by atoms with Crippen molar-refractivity contribution in [3.8, 4) is 5.75 Å². The molecule has 250 valence electrons. The van der Waals surface area contributed by atoms with E-state index in [1.54, 1.807) is 45.0 Å². The average Bonchev–Trinajstić information content (AvgIpc) is 3.25. The second-order valence-electron chi connectivity index (χ2n) is 11.8. The smallest absolute Gasteiger partial charge is 0.417 e. The lowest BCUT2D eigenvalue weighted by Crippen LogP contribution is -2.65. The van der Waals surface area contributed by atoms with Crippen molar-refractivity contribution in [1.82, 2.24) is 25.1 Å². The maximum Gasteiger partial charge on any atom is 0.417 e. The molecule has 0 radical (unpaired) electrons. The van der Waals surface area contributed by atoms with Crippen LogP contribution in [0.25, 0.3) is 0 Å². The van der Waals surface area contributed by atoms with Crippen LogP contribution >= 0.6 is 11.6 Å². The van der Waals surface area contributed by atoms with E-state index in [-0.39, 0.29) is 17.5 Å². The number of halogens is 4. The quantitative estimate of drug-likeness (QED) is 0.313. The van der Waals surface area contributed by atoms with Crippen molar-refractivity contribution in [1.29, 1.82) is 0 Å². The largest absolute Gasteiger partial charge is 0.497 e. The molecule has 2 aromatic rings. The van der Waals surface area contributed by atoms with Crippen molar-refractivity contribution in [2.24, 2.45) is 7.05 Å². The molecule has 16 heteroatoms. The summed E-state index contributed by atoms with van der Waals surface area (Å²) in [6, 6.07) is 4.25. The van der Waals surface area contributed by atoms with Crippen LogP contribution in [0.4, 0.5) is 18.0 Å². The maximum absolute atomic E-state index is 14.0. The topological polar surface area (TPSA) is 144 Å². The Balaban J connectivity index is 1.93. The number of hydrogen-bond acceptors (Lipinski definition) is 8. The lowest BCUT2D eigenvalue weighted by atomic mass is 9.73. The molecule has 1 aromatic carbocycles. The van der Waals surface area contributed by atoms with Crippen molar-refractivity contribution in [2.45, 2.75) is 82.1 Å². The number of hydrogen-bond donors (Lipinski definition) is 3. The number of carbonyl (C=O) groups excluding carboxylic acids is 3. The summed E-state index contributed by atoms with van der Waals surface area (Å²) in [5.74, 6) is -1.03. The van der Waals surface area contributed by atoms with Gasteiger partial charge in [0.25, 0.3) is 0 Å². The van der Waals surface area contributed by atoms with Gasteiger partial charge in [0.2, 0.25) is 17.1 Å². The molecule has 1 fully saturated rings. The Labute approximate surface area is 264 Å². The number of imidazole rings is 1. The summed E-state index contributed by atoms with van der Waals surface area (Å²) in [5.41, 5.74) is -2.56. The van der Waals surface area contributed by atoms with E-state index in [0.717, 1.165) is 12.0 Å². The van der Waals surface area contributed by atoms with Crippen molar-refractivity contribution in [3.05, 3.63) is 47.0 Å². The summed E-state index contributed by atoms with van der Waals surface area (Å²) in [5, 5.41) is 15.7. The van der Waals surface area contributed by atoms with E-state index in [1.165, 1.54) is 24.9 Å². The molecule has 1 aromatic heterocycles. The number of rotatable bonds is 12. The van der Waals surface area contributed by atoms with Crippen LogP contribution in [0.1, 0.15) is 57.3 Å². The van der Waals surface area contributed by atoms with Crippen LogP contribution in [-0.4, -0.2) is 87.8 Å². The van der Waals surface area contributed by atoms with Gasteiger partial charge in [0.15, 0.2) is 11.6 Å². The van der Waals surface area contributed by atoms with Gasteiger partial charge >= 0.3 is 12.3 Å². The summed E-state index contributed by atoms with van der Waals surface area (Å²) in [6.45, 7) is 4.54. The first kappa shape index (κ1) is 35.9. The number of nitrogens with one attached hydrogen (secondary N) is 2. The Hall–Kier alpha value is -3.56. The fraction of sp³-hybridized carbons (Fsp3) is 0.586. The molecule has 0 bridgehead atoms. The number of aliphatic hydroxyl groups is 1. The first-order chi connectivity index (χ1) is 20.9. The summed E-state index contributed by atoms with van der Waals surface area (Å²) < 4.78 is 58.5. The number of aromatic nitrogens is 2. The summed E-state index contributed by atoms with van der Waals surface area (Å²) in [6.07, 6.45) is -7.73. The van der Waals surface area contributed by atoms with E-state index in [2.05, 4.69) is 15.6 Å². The SMILES string of the molecule is COc1cccc(CNC(=O)C(c2cnc(Cl)n2C)N(C(=O)CC(O)CNC(=O)OC(C)(C)C)C2CC(OC)(C(F)(F)F)C2)c1. The Bertz CT molecular complexity index is 1360. The molecule has 1 saturated carbocycles. The number of alkyl carbamates (subject to hydrolysis) is 1. The van der Waals surface area contributed by atoms with Crippen molar-refractivity contribution in [2.75, 3.05) is 20.8 Å². The van der Waals surface area contributed by atoms with Crippen LogP contribution < -0.4 is 15.4 Å². The highest BCUT2D eigenvalue weighted by molar-refractivity contribution is 6.28. The third-order valence-electron chi connectivity index (χ3n) is 7.39. The minimum atomic E-state index is -4.75. The van der Waals surface area contributed by atoms with Crippen LogP contribution in [0.3, 0.4) is 0 Å². The number of methoxy groups -OCH3 is 2. The third-order valence-corrected chi connectivity index (χ3v) is 7.74. The van der Waals surface area contributed by atoms with Crippen LogP contribution in [-0.2, 0) is 32.7 Å². The van der Waals surface area contributed by atoms with Crippen molar-refractivity contribution in [3.63, 3.8) is 0 Å². The predicted molar refractivity (Wildman–Crippen MR) is 156 cm³/mol. The van der Waals surface area contributed by atoms with E-state index >= 15 is 0 Å². The van der Waals surface area contributed by atoms with E-state index in [0.29, 0.717) is 11.3 Å². The zero-order valence-corrected chi connectivity index (χ0v) is 26.7. The number of ether oxygens (including phenoxy) is 3. The summed E-state index contributed by atoms with van der Waals surface area (Å²) in [4.78, 5) is 44.8. The molecule has 2 unspecified atom stereocenters. The van der Waals surface area contributed by atoms with Gasteiger partial charge in [0, 0.05) is 46.1 Å². The molecule has 3 amide bonds. The predicted octanol–water partition coefficient (Wildman–Crippen LogP) is 3.65. The Morgan fingerprint density at radius 2 is 1.87 bits per heavy atom. The Morgan fingerprint density at radius 3 is 2.40 bits per heavy atom. The fourth-order valence-corrected chi connectivity index (χ4v) is 5.14. The van der Waals surface area contributed by atoms with Gasteiger partial charge in [0.1, 0.15) is 11.4 Å². The van der Waals surface area contributed by atoms with E-state index in [9.17, 15) is 32.7 Å². The molecule has 1 aliphatic carbocycles. The zero-order chi connectivity index (χ0) is 33.7. The number of aliphatic hydroxyl groups excluding tert-OH is 1. The number of amides is 3. The highest BCUT2D eigenvalue weighted by atomic mass is 35.5. The molecule has 3 N–H and O–H groups in total. The van der Waals surface area contributed by atoms with Gasteiger partial charge in [-0.15, -0.1) is 0 Å². The fourth-order valence-electron chi connectivity index (χ4n) is 4.99. The molecule has 45 heavy (non-hydrogen) atoms. The van der Waals surface area contributed by atoms with E-state index in [4.69, 9.17) is 25.8 Å². The maximum atomic E-state index is 14.0. The van der Waals surface area contributed by atoms with Crippen LogP contribution in [0.5, 0.6) is 5.75 Å². The number of carbonyl (C=O) groups is 3. The molecule has 1 heterocycles. The van der Waals surface area contributed by atoms with Crippen molar-refractivity contribution < 1.29 is 46.9 Å². The number of nitrogens with zero attached hydrogens (tertiary/aromatic N) is 3. The molecule has 3 rings (SSSR count). The van der Waals surface area contributed by atoms with Gasteiger partial charge in [-0.1, -0.05) is 12.1 Å². The van der Waals surface area contributed by atoms with Gasteiger partial charge in [-0.25, -0.2) is 9.78 Å². The summed E-state index contributed by atoms with van der Waals surface area (Å²) >= 11 is 6.17. The Kier molecular flexibility index (Phi) is 11.4. The molecular formula is C29H39ClF3N5O7. The van der Waals surface area contributed by atoms with Gasteiger partial charge < -0.3 is 39.4 Å². The molecule has 0 saturated heterocycles. The Morgan fingerprint density at radius 1 is 1.20 bits per heavy atom. The highest BCUT2D eigenvalue weighted by Crippen LogP contribution is 2.51. The minimum absolute atomic E-state index is 0.00218. The molecular weight excluding hydrogens is 623 g/mol. The van der Waals surface area contributed by atoms with Crippen LogP contribution in [0.15, 0.2) is 30.5 Å². The van der Waals surface area contributed by atoms with Crippen molar-refractivity contribution >= 4 is 29.5 Å². The normalized spacial score (nSPS) is 19.6. The van der Waals surface area contributed by atoms with Gasteiger partial charge in [-0.3, -0.25) is 9.59 Å². The van der Waals surface area contributed by atoms with Gasteiger partial charge in [-0.05, 0) is 50.1 Å². The van der Waals surface area contributed by atoms with Gasteiger partial charge in [0.05, 0.1) is 31.5 Å². The molecule has 1 aliphatic rings. The second kappa shape index (κ2) is 14.3. The van der Waals surface area contributed by atoms with Crippen LogP contribution in [0, 0.1) is 0 Å². The lowest BCUT2D eigenvalue weighted by Gasteiger charge is -2.52. The van der Waals surface area contributed by atoms with E-state index in [1.807, 2.05) is 0 Å². The number of alkyl halides is 3.